The topological polar surface area (TPSA) is 67.2 Å². The van der Waals surface area contributed by atoms with Crippen LogP contribution in [0.3, 0.4) is 0 Å². The van der Waals surface area contributed by atoms with E-state index in [4.69, 9.17) is 16.0 Å². The maximum Gasteiger partial charge on any atom is 0.252 e. The fraction of sp³-hybridized carbons (Fsp3) is 0.263. The second-order valence-electron chi connectivity index (χ2n) is 6.19. The molecule has 0 aliphatic carbocycles. The first-order chi connectivity index (χ1) is 12.2. The third kappa shape index (κ3) is 3.25. The van der Waals surface area contributed by atoms with Crippen LogP contribution in [-0.2, 0) is 0 Å². The van der Waals surface area contributed by atoms with Crippen molar-refractivity contribution in [2.75, 3.05) is 13.1 Å². The van der Waals surface area contributed by atoms with Crippen molar-refractivity contribution in [3.05, 3.63) is 53.2 Å². The van der Waals surface area contributed by atoms with Gasteiger partial charge in [0.2, 0.25) is 0 Å². The van der Waals surface area contributed by atoms with Crippen molar-refractivity contribution < 1.29 is 9.21 Å². The third-order valence-electron chi connectivity index (χ3n) is 4.44. The Bertz CT molecular complexity index is 902. The molecule has 1 aromatic carbocycles. The first kappa shape index (κ1) is 16.1. The van der Waals surface area contributed by atoms with Crippen molar-refractivity contribution in [1.82, 2.24) is 15.6 Å². The maximum atomic E-state index is 12.9. The van der Waals surface area contributed by atoms with Gasteiger partial charge in [-0.2, -0.15) is 0 Å². The van der Waals surface area contributed by atoms with Gasteiger partial charge in [0.1, 0.15) is 5.69 Å². The summed E-state index contributed by atoms with van der Waals surface area (Å²) in [7, 11) is 0. The summed E-state index contributed by atoms with van der Waals surface area (Å²) in [6.07, 6.45) is 3.63. The molecule has 2 aromatic heterocycles. The highest BCUT2D eigenvalue weighted by Gasteiger charge is 2.20. The minimum Gasteiger partial charge on any atom is -0.463 e. The predicted molar refractivity (Wildman–Crippen MR) is 97.8 cm³/mol. The summed E-state index contributed by atoms with van der Waals surface area (Å²) < 4.78 is 5.45. The number of hydrogen-bond donors (Lipinski definition) is 2. The van der Waals surface area contributed by atoms with Crippen LogP contribution in [0.2, 0.25) is 5.02 Å². The Morgan fingerprint density at radius 2 is 2.24 bits per heavy atom. The number of carbonyl (C=O) groups is 1. The highest BCUT2D eigenvalue weighted by atomic mass is 35.5. The lowest BCUT2D eigenvalue weighted by Crippen LogP contribution is -2.45. The second-order valence-corrected chi connectivity index (χ2v) is 6.59. The number of halogens is 1. The van der Waals surface area contributed by atoms with Crippen LogP contribution in [0.4, 0.5) is 0 Å². The molecular weight excluding hydrogens is 338 g/mol. The van der Waals surface area contributed by atoms with Crippen LogP contribution in [0.15, 0.2) is 47.1 Å². The molecule has 128 valence electrons. The Kier molecular flexibility index (Phi) is 4.42. The smallest absolute Gasteiger partial charge is 0.252 e. The SMILES string of the molecule is O=C(N[C@@H]1CCCNC1)c1cc(-c2ccco2)nc2c(Cl)cccc12. The predicted octanol–water partition coefficient (Wildman–Crippen LogP) is 3.63. The van der Waals surface area contributed by atoms with Gasteiger partial charge in [0.05, 0.1) is 22.4 Å². The lowest BCUT2D eigenvalue weighted by atomic mass is 10.0. The number of piperidine rings is 1. The van der Waals surface area contributed by atoms with Crippen LogP contribution < -0.4 is 10.6 Å². The lowest BCUT2D eigenvalue weighted by molar-refractivity contribution is 0.0932. The first-order valence-corrected chi connectivity index (χ1v) is 8.75. The number of furan rings is 1. The number of benzene rings is 1. The summed E-state index contributed by atoms with van der Waals surface area (Å²) in [6, 6.07) is 11.0. The molecule has 1 aliphatic heterocycles. The van der Waals surface area contributed by atoms with Crippen LogP contribution in [0, 0.1) is 0 Å². The quantitative estimate of drug-likeness (QED) is 0.752. The summed E-state index contributed by atoms with van der Waals surface area (Å²) >= 11 is 6.32. The van der Waals surface area contributed by atoms with E-state index in [1.165, 1.54) is 0 Å². The van der Waals surface area contributed by atoms with Crippen LogP contribution in [0.1, 0.15) is 23.2 Å². The lowest BCUT2D eigenvalue weighted by Gasteiger charge is -2.24. The van der Waals surface area contributed by atoms with E-state index in [1.807, 2.05) is 18.2 Å². The number of nitrogens with zero attached hydrogens (tertiary/aromatic N) is 1. The van der Waals surface area contributed by atoms with Crippen molar-refractivity contribution in [1.29, 1.82) is 0 Å². The number of pyridine rings is 1. The van der Waals surface area contributed by atoms with Crippen molar-refractivity contribution in [2.45, 2.75) is 18.9 Å². The molecule has 3 aromatic rings. The van der Waals surface area contributed by atoms with Gasteiger partial charge in [0.25, 0.3) is 5.91 Å². The fourth-order valence-corrected chi connectivity index (χ4v) is 3.41. The van der Waals surface area contributed by atoms with Crippen LogP contribution in [0.5, 0.6) is 0 Å². The van der Waals surface area contributed by atoms with Gasteiger partial charge in [-0.05, 0) is 43.7 Å². The number of rotatable bonds is 3. The Hall–Kier alpha value is -2.37. The van der Waals surface area contributed by atoms with E-state index in [1.54, 1.807) is 24.5 Å². The Morgan fingerprint density at radius 1 is 1.32 bits per heavy atom. The summed E-state index contributed by atoms with van der Waals surface area (Å²) in [6.45, 7) is 1.80. The number of hydrogen-bond acceptors (Lipinski definition) is 4. The van der Waals surface area contributed by atoms with Gasteiger partial charge in [-0.3, -0.25) is 4.79 Å². The van der Waals surface area contributed by atoms with E-state index in [-0.39, 0.29) is 11.9 Å². The Labute approximate surface area is 150 Å². The van der Waals surface area contributed by atoms with E-state index in [0.717, 1.165) is 31.3 Å². The zero-order valence-electron chi connectivity index (χ0n) is 13.6. The second kappa shape index (κ2) is 6.86. The van der Waals surface area contributed by atoms with E-state index in [9.17, 15) is 4.79 Å². The zero-order valence-corrected chi connectivity index (χ0v) is 14.3. The Balaban J connectivity index is 1.78. The molecule has 25 heavy (non-hydrogen) atoms. The largest absolute Gasteiger partial charge is 0.463 e. The molecule has 1 atom stereocenters. The van der Waals surface area contributed by atoms with Gasteiger partial charge in [0.15, 0.2) is 5.76 Å². The number of amides is 1. The summed E-state index contributed by atoms with van der Waals surface area (Å²) in [4.78, 5) is 17.5. The van der Waals surface area contributed by atoms with E-state index >= 15 is 0 Å². The zero-order chi connectivity index (χ0) is 17.2. The monoisotopic (exact) mass is 355 g/mol. The molecular formula is C19H18ClN3O2. The van der Waals surface area contributed by atoms with Crippen LogP contribution in [-0.4, -0.2) is 30.0 Å². The molecule has 0 radical (unpaired) electrons. The molecule has 1 amide bonds. The molecule has 2 N–H and O–H groups in total. The molecule has 0 bridgehead atoms. The maximum absolute atomic E-state index is 12.9. The van der Waals surface area contributed by atoms with Crippen molar-refractivity contribution in [2.24, 2.45) is 0 Å². The molecule has 0 unspecified atom stereocenters. The highest BCUT2D eigenvalue weighted by Crippen LogP contribution is 2.29. The molecule has 1 saturated heterocycles. The Morgan fingerprint density at radius 3 is 3.00 bits per heavy atom. The molecule has 1 fully saturated rings. The number of fused-ring (bicyclic) bond motifs is 1. The minimum atomic E-state index is -0.115. The fourth-order valence-electron chi connectivity index (χ4n) is 3.19. The minimum absolute atomic E-state index is 0.115. The van der Waals surface area contributed by atoms with Gasteiger partial charge >= 0.3 is 0 Å². The standard InChI is InChI=1S/C19H18ClN3O2/c20-15-6-1-5-13-14(19(24)22-12-4-2-8-21-11-12)10-16(23-18(13)15)17-7-3-9-25-17/h1,3,5-7,9-10,12,21H,2,4,8,11H2,(H,22,24)/t12-/m1/s1. The number of nitrogens with one attached hydrogen (secondary N) is 2. The number of para-hydroxylation sites is 1. The molecule has 0 spiro atoms. The highest BCUT2D eigenvalue weighted by molar-refractivity contribution is 6.35. The average molecular weight is 356 g/mol. The molecule has 1 aliphatic rings. The van der Waals surface area contributed by atoms with Gasteiger partial charge in [-0.25, -0.2) is 4.98 Å². The molecule has 0 saturated carbocycles. The molecule has 6 heteroatoms. The van der Waals surface area contributed by atoms with E-state index in [2.05, 4.69) is 15.6 Å². The summed E-state index contributed by atoms with van der Waals surface area (Å²) in [5, 5.41) is 7.68. The van der Waals surface area contributed by atoms with Gasteiger partial charge < -0.3 is 15.1 Å². The summed E-state index contributed by atoms with van der Waals surface area (Å²) in [5.41, 5.74) is 1.76. The summed E-state index contributed by atoms with van der Waals surface area (Å²) in [5.74, 6) is 0.492. The first-order valence-electron chi connectivity index (χ1n) is 8.37. The van der Waals surface area contributed by atoms with Crippen molar-refractivity contribution in [3.63, 3.8) is 0 Å². The number of aromatic nitrogens is 1. The van der Waals surface area contributed by atoms with Crippen LogP contribution in [0.25, 0.3) is 22.4 Å². The van der Waals surface area contributed by atoms with E-state index in [0.29, 0.717) is 27.6 Å². The van der Waals surface area contributed by atoms with Gasteiger partial charge in [-0.15, -0.1) is 0 Å². The van der Waals surface area contributed by atoms with Gasteiger partial charge in [-0.1, -0.05) is 23.7 Å². The molecule has 4 rings (SSSR count). The van der Waals surface area contributed by atoms with Crippen LogP contribution >= 0.6 is 11.6 Å². The van der Waals surface area contributed by atoms with Gasteiger partial charge in [0, 0.05) is 18.0 Å². The van der Waals surface area contributed by atoms with E-state index < -0.39 is 0 Å². The molecule has 3 heterocycles. The van der Waals surface area contributed by atoms with Crippen molar-refractivity contribution >= 4 is 28.4 Å². The molecule has 5 nitrogen and oxygen atoms in total. The average Bonchev–Trinajstić information content (AvgIpc) is 3.17. The van der Waals surface area contributed by atoms with Crippen molar-refractivity contribution in [3.8, 4) is 11.5 Å². The third-order valence-corrected chi connectivity index (χ3v) is 4.75. The normalized spacial score (nSPS) is 17.6. The number of carbonyl (C=O) groups excluding carboxylic acids is 1.